The lowest BCUT2D eigenvalue weighted by molar-refractivity contribution is -0.117. The molecule has 0 heterocycles. The molecule has 0 saturated heterocycles. The van der Waals surface area contributed by atoms with Gasteiger partial charge in [-0.25, -0.2) is 8.42 Å². The van der Waals surface area contributed by atoms with Gasteiger partial charge in [-0.15, -0.1) is 0 Å². The highest BCUT2D eigenvalue weighted by Gasteiger charge is 2.24. The van der Waals surface area contributed by atoms with Crippen molar-refractivity contribution < 1.29 is 13.2 Å². The van der Waals surface area contributed by atoms with E-state index < -0.39 is 22.0 Å². The summed E-state index contributed by atoms with van der Waals surface area (Å²) in [6.45, 7) is 1.43. The summed E-state index contributed by atoms with van der Waals surface area (Å²) >= 11 is 15.0. The van der Waals surface area contributed by atoms with Crippen LogP contribution in [0.3, 0.4) is 0 Å². The van der Waals surface area contributed by atoms with E-state index in [1.165, 1.54) is 25.1 Å². The maximum Gasteiger partial charge on any atom is 0.242 e. The number of carbonyl (C=O) groups is 1. The Balaban J connectivity index is 2.14. The van der Waals surface area contributed by atoms with E-state index in [9.17, 15) is 13.2 Å². The van der Waals surface area contributed by atoms with Gasteiger partial charge in [0.05, 0.1) is 11.1 Å². The molecule has 2 aromatic carbocycles. The van der Waals surface area contributed by atoms with Crippen molar-refractivity contribution in [1.29, 1.82) is 0 Å². The van der Waals surface area contributed by atoms with Crippen LogP contribution >= 0.6 is 39.1 Å². The second-order valence-electron chi connectivity index (χ2n) is 4.92. The number of nitrogens with one attached hydrogen (secondary N) is 2. The predicted octanol–water partition coefficient (Wildman–Crippen LogP) is 4.06. The lowest BCUT2D eigenvalue weighted by Crippen LogP contribution is -2.41. The summed E-state index contributed by atoms with van der Waals surface area (Å²) in [5, 5.41) is 2.88. The van der Waals surface area contributed by atoms with Crippen molar-refractivity contribution in [2.45, 2.75) is 17.9 Å². The molecule has 1 amide bonds. The van der Waals surface area contributed by atoms with Crippen LogP contribution in [0.1, 0.15) is 6.92 Å². The lowest BCUT2D eigenvalue weighted by Gasteiger charge is -2.15. The van der Waals surface area contributed by atoms with E-state index in [0.717, 1.165) is 4.47 Å². The topological polar surface area (TPSA) is 75.3 Å². The Morgan fingerprint density at radius 1 is 1.17 bits per heavy atom. The molecule has 0 unspecified atom stereocenters. The Kier molecular flexibility index (Phi) is 6.28. The number of anilines is 1. The van der Waals surface area contributed by atoms with Crippen molar-refractivity contribution in [1.82, 2.24) is 4.72 Å². The molecule has 1 atom stereocenters. The first-order valence-electron chi connectivity index (χ1n) is 6.73. The second kappa shape index (κ2) is 7.84. The first-order chi connectivity index (χ1) is 11.2. The first-order valence-corrected chi connectivity index (χ1v) is 9.76. The average molecular weight is 452 g/mol. The molecular formula is C15H13BrCl2N2O3S. The van der Waals surface area contributed by atoms with Gasteiger partial charge in [-0.1, -0.05) is 45.2 Å². The highest BCUT2D eigenvalue weighted by atomic mass is 79.9. The Morgan fingerprint density at radius 2 is 1.88 bits per heavy atom. The summed E-state index contributed by atoms with van der Waals surface area (Å²) in [6.07, 6.45) is 0. The quantitative estimate of drug-likeness (QED) is 0.719. The van der Waals surface area contributed by atoms with Crippen LogP contribution in [0, 0.1) is 0 Å². The zero-order chi connectivity index (χ0) is 17.9. The summed E-state index contributed by atoms with van der Waals surface area (Å²) in [5.41, 5.74) is 0.543. The van der Waals surface area contributed by atoms with Gasteiger partial charge in [0.25, 0.3) is 0 Å². The monoisotopic (exact) mass is 450 g/mol. The zero-order valence-electron chi connectivity index (χ0n) is 12.4. The molecule has 5 nitrogen and oxygen atoms in total. The third kappa shape index (κ3) is 4.94. The minimum Gasteiger partial charge on any atom is -0.325 e. The number of amides is 1. The molecule has 0 aromatic heterocycles. The van der Waals surface area contributed by atoms with Crippen molar-refractivity contribution in [3.8, 4) is 0 Å². The fourth-order valence-corrected chi connectivity index (χ4v) is 4.21. The molecule has 0 aliphatic heterocycles. The van der Waals surface area contributed by atoms with E-state index in [1.54, 1.807) is 18.2 Å². The predicted molar refractivity (Wildman–Crippen MR) is 99.0 cm³/mol. The molecule has 9 heteroatoms. The molecule has 2 aromatic rings. The Morgan fingerprint density at radius 3 is 2.54 bits per heavy atom. The van der Waals surface area contributed by atoms with Crippen LogP contribution in [0.25, 0.3) is 0 Å². The largest absolute Gasteiger partial charge is 0.325 e. The molecule has 0 spiro atoms. The minimum absolute atomic E-state index is 0.0199. The van der Waals surface area contributed by atoms with Crippen LogP contribution in [0.2, 0.25) is 10.0 Å². The van der Waals surface area contributed by atoms with E-state index in [-0.39, 0.29) is 14.9 Å². The van der Waals surface area contributed by atoms with Crippen LogP contribution in [0.4, 0.5) is 5.69 Å². The number of hydrogen-bond acceptors (Lipinski definition) is 3. The number of benzene rings is 2. The van der Waals surface area contributed by atoms with E-state index in [4.69, 9.17) is 23.2 Å². The van der Waals surface area contributed by atoms with Crippen LogP contribution < -0.4 is 10.0 Å². The molecule has 0 aliphatic rings. The summed E-state index contributed by atoms with van der Waals surface area (Å²) in [7, 11) is -3.99. The lowest BCUT2D eigenvalue weighted by atomic mass is 10.3. The maximum atomic E-state index is 12.4. The van der Waals surface area contributed by atoms with Gasteiger partial charge in [-0.3, -0.25) is 4.79 Å². The molecular weight excluding hydrogens is 439 g/mol. The van der Waals surface area contributed by atoms with Crippen molar-refractivity contribution in [3.63, 3.8) is 0 Å². The Hall–Kier alpha value is -1.12. The summed E-state index contributed by atoms with van der Waals surface area (Å²) < 4.78 is 27.8. The van der Waals surface area contributed by atoms with Crippen molar-refractivity contribution in [2.75, 3.05) is 5.32 Å². The number of halogens is 3. The average Bonchev–Trinajstić information content (AvgIpc) is 2.49. The maximum absolute atomic E-state index is 12.4. The number of rotatable bonds is 5. The van der Waals surface area contributed by atoms with Crippen LogP contribution in [-0.2, 0) is 14.8 Å². The van der Waals surface area contributed by atoms with Gasteiger partial charge in [0.2, 0.25) is 15.9 Å². The van der Waals surface area contributed by atoms with Gasteiger partial charge >= 0.3 is 0 Å². The van der Waals surface area contributed by atoms with Gasteiger partial charge < -0.3 is 5.32 Å². The second-order valence-corrected chi connectivity index (χ2v) is 8.36. The fraction of sp³-hybridized carbons (Fsp3) is 0.133. The summed E-state index contributed by atoms with van der Waals surface area (Å²) in [6, 6.07) is 10.0. The molecule has 0 saturated carbocycles. The highest BCUT2D eigenvalue weighted by molar-refractivity contribution is 9.10. The van der Waals surface area contributed by atoms with E-state index in [2.05, 4.69) is 26.0 Å². The summed E-state index contributed by atoms with van der Waals surface area (Å²) in [4.78, 5) is 12.0. The molecule has 0 radical (unpaired) electrons. The van der Waals surface area contributed by atoms with Crippen LogP contribution in [0.15, 0.2) is 51.8 Å². The normalized spacial score (nSPS) is 12.7. The van der Waals surface area contributed by atoms with Crippen molar-refractivity contribution in [3.05, 3.63) is 57.0 Å². The number of hydrogen-bond donors (Lipinski definition) is 2. The molecule has 0 fully saturated rings. The zero-order valence-corrected chi connectivity index (χ0v) is 16.3. The molecule has 24 heavy (non-hydrogen) atoms. The van der Waals surface area contributed by atoms with E-state index >= 15 is 0 Å². The van der Waals surface area contributed by atoms with Gasteiger partial charge in [-0.2, -0.15) is 4.72 Å². The molecule has 128 valence electrons. The van der Waals surface area contributed by atoms with Crippen molar-refractivity contribution in [2.24, 2.45) is 0 Å². The van der Waals surface area contributed by atoms with Crippen LogP contribution in [0.5, 0.6) is 0 Å². The molecule has 0 aliphatic carbocycles. The highest BCUT2D eigenvalue weighted by Crippen LogP contribution is 2.25. The Bertz CT molecular complexity index is 875. The van der Waals surface area contributed by atoms with E-state index in [1.807, 2.05) is 6.07 Å². The fourth-order valence-electron chi connectivity index (χ4n) is 1.85. The molecule has 2 rings (SSSR count). The standard InChI is InChI=1S/C15H13BrCl2N2O3S/c1-9(15(21)19-12-4-2-3-10(16)7-12)20-24(22,23)14-8-11(17)5-6-13(14)18/h2-9,20H,1H3,(H,19,21)/t9-/m0/s1. The van der Waals surface area contributed by atoms with Gasteiger partial charge in [0.1, 0.15) is 4.90 Å². The van der Waals surface area contributed by atoms with E-state index in [0.29, 0.717) is 5.69 Å². The van der Waals surface area contributed by atoms with Gasteiger partial charge in [0, 0.05) is 15.2 Å². The molecule has 2 N–H and O–H groups in total. The van der Waals surface area contributed by atoms with Gasteiger partial charge in [-0.05, 0) is 43.3 Å². The first kappa shape index (κ1) is 19.2. The minimum atomic E-state index is -3.99. The smallest absolute Gasteiger partial charge is 0.242 e. The van der Waals surface area contributed by atoms with Crippen molar-refractivity contribution >= 4 is 60.7 Å². The van der Waals surface area contributed by atoms with Gasteiger partial charge in [0.15, 0.2) is 0 Å². The SMILES string of the molecule is C[C@H](NS(=O)(=O)c1cc(Cl)ccc1Cl)C(=O)Nc1cccc(Br)c1. The molecule has 0 bridgehead atoms. The third-order valence-corrected chi connectivity index (χ3v) is 5.75. The number of carbonyl (C=O) groups excluding carboxylic acids is 1. The third-order valence-electron chi connectivity index (χ3n) is 3.00. The summed E-state index contributed by atoms with van der Waals surface area (Å²) in [5.74, 6) is -0.505. The number of sulfonamides is 1. The Labute approximate surface area is 158 Å². The van der Waals surface area contributed by atoms with Crippen LogP contribution in [-0.4, -0.2) is 20.4 Å².